The number of hydrogen-bond acceptors (Lipinski definition) is 3. The van der Waals surface area contributed by atoms with E-state index >= 15 is 0 Å². The summed E-state index contributed by atoms with van der Waals surface area (Å²) in [4.78, 5) is 4.11. The Balaban J connectivity index is 2.08. The average Bonchev–Trinajstić information content (AvgIpc) is 2.70. The van der Waals surface area contributed by atoms with Crippen LogP contribution in [0.15, 0.2) is 42.6 Å². The van der Waals surface area contributed by atoms with E-state index in [1.165, 1.54) is 5.39 Å². The van der Waals surface area contributed by atoms with Crippen LogP contribution >= 0.6 is 0 Å². The number of benzene rings is 1. The third-order valence-corrected chi connectivity index (χ3v) is 3.12. The molecule has 2 aromatic heterocycles. The van der Waals surface area contributed by atoms with Crippen molar-refractivity contribution >= 4 is 16.7 Å². The van der Waals surface area contributed by atoms with E-state index in [-0.39, 0.29) is 0 Å². The van der Waals surface area contributed by atoms with Crippen molar-refractivity contribution in [2.75, 3.05) is 5.73 Å². The molecular weight excluding hydrogens is 224 g/mol. The van der Waals surface area contributed by atoms with Crippen LogP contribution in [0.3, 0.4) is 0 Å². The van der Waals surface area contributed by atoms with Crippen LogP contribution in [0.4, 0.5) is 5.82 Å². The van der Waals surface area contributed by atoms with E-state index in [0.29, 0.717) is 12.2 Å². The molecular formula is C14H14N4. The van der Waals surface area contributed by atoms with Crippen LogP contribution < -0.4 is 5.73 Å². The van der Waals surface area contributed by atoms with Crippen molar-refractivity contribution in [2.24, 2.45) is 7.05 Å². The van der Waals surface area contributed by atoms with Gasteiger partial charge in [-0.25, -0.2) is 4.98 Å². The Morgan fingerprint density at radius 1 is 1.17 bits per heavy atom. The van der Waals surface area contributed by atoms with Crippen LogP contribution in [0.5, 0.6) is 0 Å². The van der Waals surface area contributed by atoms with E-state index in [1.54, 1.807) is 6.20 Å². The first-order valence-corrected chi connectivity index (χ1v) is 5.85. The lowest BCUT2D eigenvalue weighted by Crippen LogP contribution is -1.99. The number of nitrogen functional groups attached to an aromatic ring is 1. The van der Waals surface area contributed by atoms with Crippen molar-refractivity contribution in [3.63, 3.8) is 0 Å². The first-order valence-electron chi connectivity index (χ1n) is 5.85. The standard InChI is InChI=1S/C14H14N4/c1-18-13-7-3-2-6-11(13)12(17-18)9-10-5-4-8-16-14(10)15/h2-8H,9H2,1H3,(H2,15,16). The summed E-state index contributed by atoms with van der Waals surface area (Å²) in [5.41, 5.74) is 9.06. The van der Waals surface area contributed by atoms with Crippen LogP contribution in [0.2, 0.25) is 0 Å². The Bertz CT molecular complexity index is 700. The van der Waals surface area contributed by atoms with Crippen LogP contribution in [0, 0.1) is 0 Å². The predicted octanol–water partition coefficient (Wildman–Crippen LogP) is 2.14. The number of para-hydroxylation sites is 1. The fourth-order valence-electron chi connectivity index (χ4n) is 2.20. The van der Waals surface area contributed by atoms with Gasteiger partial charge in [-0.15, -0.1) is 0 Å². The highest BCUT2D eigenvalue weighted by Crippen LogP contribution is 2.21. The second-order valence-electron chi connectivity index (χ2n) is 4.31. The molecule has 2 N–H and O–H groups in total. The van der Waals surface area contributed by atoms with E-state index < -0.39 is 0 Å². The second kappa shape index (κ2) is 4.14. The summed E-state index contributed by atoms with van der Waals surface area (Å²) >= 11 is 0. The largest absolute Gasteiger partial charge is 0.383 e. The molecule has 0 saturated heterocycles. The van der Waals surface area contributed by atoms with Crippen LogP contribution in [0.1, 0.15) is 11.3 Å². The van der Waals surface area contributed by atoms with Gasteiger partial charge in [0.1, 0.15) is 5.82 Å². The minimum Gasteiger partial charge on any atom is -0.383 e. The molecule has 0 atom stereocenters. The fraction of sp³-hybridized carbons (Fsp3) is 0.143. The van der Waals surface area contributed by atoms with Crippen molar-refractivity contribution in [3.05, 3.63) is 53.9 Å². The fourth-order valence-corrected chi connectivity index (χ4v) is 2.20. The molecule has 0 fully saturated rings. The summed E-state index contributed by atoms with van der Waals surface area (Å²) in [6, 6.07) is 12.1. The van der Waals surface area contributed by atoms with Gasteiger partial charge in [0.2, 0.25) is 0 Å². The molecule has 1 aromatic carbocycles. The highest BCUT2D eigenvalue weighted by atomic mass is 15.3. The molecule has 2 heterocycles. The molecule has 0 unspecified atom stereocenters. The van der Waals surface area contributed by atoms with E-state index in [1.807, 2.05) is 36.0 Å². The van der Waals surface area contributed by atoms with Crippen molar-refractivity contribution in [3.8, 4) is 0 Å². The van der Waals surface area contributed by atoms with Crippen molar-refractivity contribution in [1.82, 2.24) is 14.8 Å². The lowest BCUT2D eigenvalue weighted by Gasteiger charge is -2.01. The van der Waals surface area contributed by atoms with Gasteiger partial charge in [-0.2, -0.15) is 5.10 Å². The van der Waals surface area contributed by atoms with Crippen molar-refractivity contribution in [2.45, 2.75) is 6.42 Å². The lowest BCUT2D eigenvalue weighted by atomic mass is 10.1. The zero-order valence-corrected chi connectivity index (χ0v) is 10.2. The maximum absolute atomic E-state index is 5.87. The van der Waals surface area contributed by atoms with Gasteiger partial charge < -0.3 is 5.73 Å². The molecule has 18 heavy (non-hydrogen) atoms. The molecule has 0 aliphatic rings. The minimum absolute atomic E-state index is 0.576. The number of aromatic nitrogens is 3. The summed E-state index contributed by atoms with van der Waals surface area (Å²) < 4.78 is 1.90. The summed E-state index contributed by atoms with van der Waals surface area (Å²) in [5.74, 6) is 0.576. The lowest BCUT2D eigenvalue weighted by molar-refractivity contribution is 0.774. The monoisotopic (exact) mass is 238 g/mol. The average molecular weight is 238 g/mol. The maximum Gasteiger partial charge on any atom is 0.126 e. The second-order valence-corrected chi connectivity index (χ2v) is 4.31. The highest BCUT2D eigenvalue weighted by Gasteiger charge is 2.10. The van der Waals surface area contributed by atoms with Gasteiger partial charge in [0.15, 0.2) is 0 Å². The Kier molecular flexibility index (Phi) is 2.48. The number of aryl methyl sites for hydroxylation is 1. The molecule has 0 radical (unpaired) electrons. The van der Waals surface area contributed by atoms with Crippen molar-refractivity contribution < 1.29 is 0 Å². The topological polar surface area (TPSA) is 56.7 Å². The Morgan fingerprint density at radius 3 is 2.83 bits per heavy atom. The van der Waals surface area contributed by atoms with Crippen LogP contribution in [0.25, 0.3) is 10.9 Å². The van der Waals surface area contributed by atoms with Gasteiger partial charge in [-0.1, -0.05) is 24.3 Å². The molecule has 0 amide bonds. The zero-order chi connectivity index (χ0) is 12.5. The van der Waals surface area contributed by atoms with E-state index in [9.17, 15) is 0 Å². The summed E-state index contributed by atoms with van der Waals surface area (Å²) in [7, 11) is 1.96. The minimum atomic E-state index is 0.576. The molecule has 0 saturated carbocycles. The molecule has 0 bridgehead atoms. The molecule has 0 aliphatic carbocycles. The highest BCUT2D eigenvalue weighted by molar-refractivity contribution is 5.82. The maximum atomic E-state index is 5.87. The predicted molar refractivity (Wildman–Crippen MR) is 72.2 cm³/mol. The first-order chi connectivity index (χ1) is 8.75. The third-order valence-electron chi connectivity index (χ3n) is 3.12. The summed E-state index contributed by atoms with van der Waals surface area (Å²) in [6.45, 7) is 0. The van der Waals surface area contributed by atoms with Gasteiger partial charge in [0.25, 0.3) is 0 Å². The normalized spacial score (nSPS) is 10.9. The summed E-state index contributed by atoms with van der Waals surface area (Å²) in [6.07, 6.45) is 2.41. The van der Waals surface area contributed by atoms with Gasteiger partial charge >= 0.3 is 0 Å². The van der Waals surface area contributed by atoms with Gasteiger partial charge in [-0.3, -0.25) is 4.68 Å². The van der Waals surface area contributed by atoms with E-state index in [0.717, 1.165) is 16.8 Å². The number of rotatable bonds is 2. The molecule has 0 spiro atoms. The molecule has 3 rings (SSSR count). The number of nitrogens with two attached hydrogens (primary N) is 1. The summed E-state index contributed by atoms with van der Waals surface area (Å²) in [5, 5.41) is 5.73. The number of nitrogens with zero attached hydrogens (tertiary/aromatic N) is 3. The quantitative estimate of drug-likeness (QED) is 0.744. The molecule has 90 valence electrons. The van der Waals surface area contributed by atoms with Crippen LogP contribution in [-0.4, -0.2) is 14.8 Å². The Morgan fingerprint density at radius 2 is 2.00 bits per heavy atom. The zero-order valence-electron chi connectivity index (χ0n) is 10.2. The molecule has 4 heteroatoms. The molecule has 4 nitrogen and oxygen atoms in total. The van der Waals surface area contributed by atoms with E-state index in [4.69, 9.17) is 5.73 Å². The van der Waals surface area contributed by atoms with E-state index in [2.05, 4.69) is 22.2 Å². The SMILES string of the molecule is Cn1nc(Cc2cccnc2N)c2ccccc21. The van der Waals surface area contributed by atoms with Gasteiger partial charge in [-0.05, 0) is 12.1 Å². The third kappa shape index (κ3) is 1.72. The van der Waals surface area contributed by atoms with Crippen molar-refractivity contribution in [1.29, 1.82) is 0 Å². The van der Waals surface area contributed by atoms with Crippen LogP contribution in [-0.2, 0) is 13.5 Å². The van der Waals surface area contributed by atoms with Gasteiger partial charge in [0, 0.05) is 30.6 Å². The number of anilines is 1. The number of pyridine rings is 1. The molecule has 0 aliphatic heterocycles. The smallest absolute Gasteiger partial charge is 0.126 e. The number of hydrogen-bond donors (Lipinski definition) is 1. The van der Waals surface area contributed by atoms with Gasteiger partial charge in [0.05, 0.1) is 11.2 Å². The molecule has 3 aromatic rings. The Hall–Kier alpha value is -2.36. The Labute approximate surface area is 105 Å². The first kappa shape index (κ1) is 10.8. The number of fused-ring (bicyclic) bond motifs is 1.